The van der Waals surface area contributed by atoms with Gasteiger partial charge in [0.05, 0.1) is 16.8 Å². The molecule has 1 amide bonds. The second-order valence-electron chi connectivity index (χ2n) is 6.23. The molecule has 0 aliphatic heterocycles. The Labute approximate surface area is 143 Å². The fraction of sp³-hybridized carbons (Fsp3) is 0.556. The zero-order valence-corrected chi connectivity index (χ0v) is 15.2. The molecule has 0 bridgehead atoms. The van der Waals surface area contributed by atoms with Crippen LogP contribution in [0.3, 0.4) is 0 Å². The van der Waals surface area contributed by atoms with Crippen LogP contribution in [-0.4, -0.2) is 27.8 Å². The smallest absolute Gasteiger partial charge is 0.230 e. The lowest BCUT2D eigenvalue weighted by Gasteiger charge is -2.09. The number of carbonyl (C=O) groups excluding carboxylic acids is 1. The lowest BCUT2D eigenvalue weighted by molar-refractivity contribution is -0.118. The molecule has 4 nitrogen and oxygen atoms in total. The number of unbranched alkanes of at least 4 members (excludes halogenated alkanes) is 2. The third kappa shape index (κ3) is 5.27. The van der Waals surface area contributed by atoms with Gasteiger partial charge in [0, 0.05) is 13.1 Å². The van der Waals surface area contributed by atoms with E-state index in [2.05, 4.69) is 36.7 Å². The summed E-state index contributed by atoms with van der Waals surface area (Å²) in [6.07, 6.45) is 3.56. The van der Waals surface area contributed by atoms with Crippen LogP contribution in [0.2, 0.25) is 0 Å². The highest BCUT2D eigenvalue weighted by Crippen LogP contribution is 2.24. The molecule has 0 saturated heterocycles. The minimum atomic E-state index is 0.0795. The average Bonchev–Trinajstić information content (AvgIpc) is 2.89. The lowest BCUT2D eigenvalue weighted by Crippen LogP contribution is -2.28. The maximum atomic E-state index is 11.9. The van der Waals surface area contributed by atoms with E-state index in [0.717, 1.165) is 35.7 Å². The summed E-state index contributed by atoms with van der Waals surface area (Å²) in [6.45, 7) is 8.10. The van der Waals surface area contributed by atoms with Gasteiger partial charge in [-0.05, 0) is 24.5 Å². The Balaban J connectivity index is 2.06. The molecule has 0 saturated carbocycles. The molecule has 2 aromatic rings. The number of benzene rings is 1. The van der Waals surface area contributed by atoms with Gasteiger partial charge in [-0.1, -0.05) is 57.5 Å². The summed E-state index contributed by atoms with van der Waals surface area (Å²) in [7, 11) is 0. The topological polar surface area (TPSA) is 46.9 Å². The van der Waals surface area contributed by atoms with E-state index < -0.39 is 0 Å². The molecule has 126 valence electrons. The van der Waals surface area contributed by atoms with Crippen molar-refractivity contribution in [1.29, 1.82) is 0 Å². The predicted octanol–water partition coefficient (Wildman–Crippen LogP) is 4.09. The van der Waals surface area contributed by atoms with Crippen LogP contribution in [-0.2, 0) is 11.3 Å². The van der Waals surface area contributed by atoms with Crippen LogP contribution in [0.4, 0.5) is 0 Å². The molecule has 23 heavy (non-hydrogen) atoms. The fourth-order valence-electron chi connectivity index (χ4n) is 2.40. The molecule has 0 unspecified atom stereocenters. The summed E-state index contributed by atoms with van der Waals surface area (Å²) in [4.78, 5) is 16.6. The number of hydrogen-bond acceptors (Lipinski definition) is 3. The SMILES string of the molecule is CCCCCn1c(SCC(=O)NCC(C)C)nc2ccccc21. The maximum Gasteiger partial charge on any atom is 0.230 e. The van der Waals surface area contributed by atoms with Crippen molar-refractivity contribution in [1.82, 2.24) is 14.9 Å². The first-order valence-electron chi connectivity index (χ1n) is 8.46. The van der Waals surface area contributed by atoms with E-state index in [1.54, 1.807) is 0 Å². The van der Waals surface area contributed by atoms with Crippen molar-refractivity contribution in [3.05, 3.63) is 24.3 Å². The van der Waals surface area contributed by atoms with Crippen molar-refractivity contribution in [3.8, 4) is 0 Å². The second-order valence-corrected chi connectivity index (χ2v) is 7.17. The molecule has 0 aliphatic rings. The quantitative estimate of drug-likeness (QED) is 0.555. The monoisotopic (exact) mass is 333 g/mol. The van der Waals surface area contributed by atoms with Crippen molar-refractivity contribution in [3.63, 3.8) is 0 Å². The van der Waals surface area contributed by atoms with E-state index in [1.807, 2.05) is 18.2 Å². The molecule has 0 aliphatic carbocycles. The van der Waals surface area contributed by atoms with Gasteiger partial charge in [-0.3, -0.25) is 4.79 Å². The van der Waals surface area contributed by atoms with Crippen molar-refractivity contribution in [2.75, 3.05) is 12.3 Å². The highest BCUT2D eigenvalue weighted by atomic mass is 32.2. The van der Waals surface area contributed by atoms with Crippen LogP contribution >= 0.6 is 11.8 Å². The molecule has 1 aromatic carbocycles. The van der Waals surface area contributed by atoms with Gasteiger partial charge in [0.1, 0.15) is 0 Å². The normalized spacial score (nSPS) is 11.3. The van der Waals surface area contributed by atoms with Crippen LogP contribution in [0.15, 0.2) is 29.4 Å². The number of imidazole rings is 1. The van der Waals surface area contributed by atoms with Gasteiger partial charge in [-0.2, -0.15) is 0 Å². The van der Waals surface area contributed by atoms with Gasteiger partial charge in [-0.25, -0.2) is 4.98 Å². The Morgan fingerprint density at radius 1 is 1.30 bits per heavy atom. The Kier molecular flexibility index (Phi) is 6.96. The number of nitrogens with zero attached hydrogens (tertiary/aromatic N) is 2. The van der Waals surface area contributed by atoms with Gasteiger partial charge in [0.2, 0.25) is 5.91 Å². The number of aryl methyl sites for hydroxylation is 1. The van der Waals surface area contributed by atoms with E-state index in [0.29, 0.717) is 11.7 Å². The van der Waals surface area contributed by atoms with Gasteiger partial charge < -0.3 is 9.88 Å². The number of carbonyl (C=O) groups is 1. The number of nitrogens with one attached hydrogen (secondary N) is 1. The number of hydrogen-bond donors (Lipinski definition) is 1. The molecule has 5 heteroatoms. The van der Waals surface area contributed by atoms with Crippen molar-refractivity contribution < 1.29 is 4.79 Å². The molecular formula is C18H27N3OS. The van der Waals surface area contributed by atoms with Crippen LogP contribution in [0.5, 0.6) is 0 Å². The summed E-state index contributed by atoms with van der Waals surface area (Å²) >= 11 is 1.53. The summed E-state index contributed by atoms with van der Waals surface area (Å²) in [5, 5.41) is 3.91. The van der Waals surface area contributed by atoms with E-state index in [9.17, 15) is 4.79 Å². The third-order valence-electron chi connectivity index (χ3n) is 3.64. The van der Waals surface area contributed by atoms with Crippen LogP contribution in [0.1, 0.15) is 40.0 Å². The number of aromatic nitrogens is 2. The zero-order chi connectivity index (χ0) is 16.7. The van der Waals surface area contributed by atoms with Gasteiger partial charge >= 0.3 is 0 Å². The molecule has 0 fully saturated rings. The number of amides is 1. The van der Waals surface area contributed by atoms with Crippen LogP contribution < -0.4 is 5.32 Å². The molecule has 1 heterocycles. The average molecular weight is 334 g/mol. The first kappa shape index (κ1) is 17.9. The first-order valence-corrected chi connectivity index (χ1v) is 9.45. The van der Waals surface area contributed by atoms with Crippen LogP contribution in [0.25, 0.3) is 11.0 Å². The third-order valence-corrected chi connectivity index (χ3v) is 4.62. The van der Waals surface area contributed by atoms with Crippen molar-refractivity contribution >= 4 is 28.7 Å². The molecule has 0 spiro atoms. The summed E-state index contributed by atoms with van der Waals surface area (Å²) in [6, 6.07) is 8.20. The highest BCUT2D eigenvalue weighted by Gasteiger charge is 2.12. The molecule has 1 aromatic heterocycles. The fourth-order valence-corrected chi connectivity index (χ4v) is 3.27. The first-order chi connectivity index (χ1) is 11.1. The van der Waals surface area contributed by atoms with E-state index in [4.69, 9.17) is 4.98 Å². The van der Waals surface area contributed by atoms with E-state index in [1.165, 1.54) is 24.6 Å². The van der Waals surface area contributed by atoms with Crippen molar-refractivity contribution in [2.24, 2.45) is 5.92 Å². The van der Waals surface area contributed by atoms with Gasteiger partial charge in [-0.15, -0.1) is 0 Å². The predicted molar refractivity (Wildman–Crippen MR) is 97.8 cm³/mol. The lowest BCUT2D eigenvalue weighted by atomic mass is 10.2. The highest BCUT2D eigenvalue weighted by molar-refractivity contribution is 7.99. The van der Waals surface area contributed by atoms with E-state index in [-0.39, 0.29) is 5.91 Å². The number of rotatable bonds is 9. The number of para-hydroxylation sites is 2. The second kappa shape index (κ2) is 8.96. The Morgan fingerprint density at radius 2 is 2.09 bits per heavy atom. The van der Waals surface area contributed by atoms with Gasteiger partial charge in [0.25, 0.3) is 0 Å². The van der Waals surface area contributed by atoms with Crippen LogP contribution in [0, 0.1) is 5.92 Å². The molecule has 2 rings (SSSR count). The van der Waals surface area contributed by atoms with Gasteiger partial charge in [0.15, 0.2) is 5.16 Å². The Bertz CT molecular complexity index is 636. The number of fused-ring (bicyclic) bond motifs is 1. The zero-order valence-electron chi connectivity index (χ0n) is 14.3. The minimum Gasteiger partial charge on any atom is -0.355 e. The number of thioether (sulfide) groups is 1. The Morgan fingerprint density at radius 3 is 2.83 bits per heavy atom. The summed E-state index contributed by atoms with van der Waals surface area (Å²) in [5.41, 5.74) is 2.17. The molecule has 0 radical (unpaired) electrons. The molecule has 1 N–H and O–H groups in total. The summed E-state index contributed by atoms with van der Waals surface area (Å²) in [5.74, 6) is 0.975. The standard InChI is InChI=1S/C18H27N3OS/c1-4-5-8-11-21-16-10-7-6-9-15(16)20-18(21)23-13-17(22)19-12-14(2)3/h6-7,9-10,14H,4-5,8,11-13H2,1-3H3,(H,19,22). The largest absolute Gasteiger partial charge is 0.355 e. The molecular weight excluding hydrogens is 306 g/mol. The maximum absolute atomic E-state index is 11.9. The Hall–Kier alpha value is -1.49. The minimum absolute atomic E-state index is 0.0795. The summed E-state index contributed by atoms with van der Waals surface area (Å²) < 4.78 is 2.26. The van der Waals surface area contributed by atoms with E-state index >= 15 is 0 Å². The van der Waals surface area contributed by atoms with Crippen molar-refractivity contribution in [2.45, 2.75) is 51.7 Å². The molecule has 0 atom stereocenters.